The molecule has 0 saturated heterocycles. The quantitative estimate of drug-likeness (QED) is 0.0261. The highest BCUT2D eigenvalue weighted by Gasteiger charge is 2.19. The molecule has 0 radical (unpaired) electrons. The van der Waals surface area contributed by atoms with Crippen molar-refractivity contribution in [3.8, 4) is 0 Å². The van der Waals surface area contributed by atoms with Crippen LogP contribution in [0.3, 0.4) is 0 Å². The van der Waals surface area contributed by atoms with Crippen LogP contribution in [0, 0.1) is 0 Å². The van der Waals surface area contributed by atoms with Crippen LogP contribution in [0.2, 0.25) is 0 Å². The summed E-state index contributed by atoms with van der Waals surface area (Å²) in [6.07, 6.45) is 83.1. The topological polar surface area (TPSA) is 78.9 Å². The number of carbonyl (C=O) groups excluding carboxylic acids is 3. The van der Waals surface area contributed by atoms with Gasteiger partial charge in [0.15, 0.2) is 6.10 Å². The van der Waals surface area contributed by atoms with E-state index < -0.39 is 6.10 Å². The van der Waals surface area contributed by atoms with Gasteiger partial charge < -0.3 is 14.2 Å². The zero-order chi connectivity index (χ0) is 52.2. The average molecular weight is 996 g/mol. The summed E-state index contributed by atoms with van der Waals surface area (Å²) in [5.41, 5.74) is 0. The Morgan fingerprint density at radius 2 is 0.542 bits per heavy atom. The average Bonchev–Trinajstić information content (AvgIpc) is 3.38. The number of esters is 3. The van der Waals surface area contributed by atoms with E-state index in [9.17, 15) is 14.4 Å². The van der Waals surface area contributed by atoms with Crippen LogP contribution in [-0.2, 0) is 28.6 Å². The van der Waals surface area contributed by atoms with Crippen LogP contribution in [0.5, 0.6) is 0 Å². The Hall–Kier alpha value is -4.45. The van der Waals surface area contributed by atoms with Crippen molar-refractivity contribution in [3.63, 3.8) is 0 Å². The lowest BCUT2D eigenvalue weighted by Crippen LogP contribution is -2.30. The van der Waals surface area contributed by atoms with Crippen LogP contribution in [0.1, 0.15) is 245 Å². The minimum Gasteiger partial charge on any atom is -0.462 e. The number of ether oxygens (including phenoxy) is 3. The fraction of sp³-hybridized carbons (Fsp3) is 0.621. The standard InChI is InChI=1S/C66H106O6/c1-4-7-10-13-16-19-22-25-26-27-28-29-30-31-32-33-34-35-36-37-38-39-40-42-44-47-50-53-56-59-65(68)71-62-63(61-70-64(67)58-55-52-49-46-43-24-21-18-15-12-9-6-3)72-66(69)60-57-54-51-48-45-41-23-20-17-14-11-8-5-2/h7-8,10-11,16-17,19-20,25-26,28-29,31-32,34-35,37-38,40-42,45,63H,4-6,9,12-15,18,21-24,27,30,33,36,39,43-44,46-62H2,1-3H3/b10-7-,11-8-,19-16-,20-17-,26-25-,29-28-,32-31-,35-34-,38-37-,42-40-,45-41-. The minimum absolute atomic E-state index is 0.100. The molecule has 0 rings (SSSR count). The summed E-state index contributed by atoms with van der Waals surface area (Å²) in [5, 5.41) is 0. The molecule has 0 aromatic carbocycles. The summed E-state index contributed by atoms with van der Waals surface area (Å²) in [6, 6.07) is 0. The monoisotopic (exact) mass is 995 g/mol. The number of unbranched alkanes of at least 4 members (excludes halogenated alkanes) is 18. The number of allylic oxidation sites excluding steroid dienone is 22. The third-order valence-electron chi connectivity index (χ3n) is 11.9. The number of hydrogen-bond acceptors (Lipinski definition) is 6. The molecule has 0 aromatic heterocycles. The van der Waals surface area contributed by atoms with Crippen LogP contribution in [-0.4, -0.2) is 37.2 Å². The van der Waals surface area contributed by atoms with Gasteiger partial charge >= 0.3 is 17.9 Å². The Balaban J connectivity index is 4.36. The van der Waals surface area contributed by atoms with Crippen molar-refractivity contribution in [2.45, 2.75) is 252 Å². The predicted molar refractivity (Wildman–Crippen MR) is 311 cm³/mol. The summed E-state index contributed by atoms with van der Waals surface area (Å²) in [7, 11) is 0. The fourth-order valence-electron chi connectivity index (χ4n) is 7.59. The van der Waals surface area contributed by atoms with Gasteiger partial charge in [-0.1, -0.05) is 244 Å². The van der Waals surface area contributed by atoms with Gasteiger partial charge in [-0.25, -0.2) is 0 Å². The number of hydrogen-bond donors (Lipinski definition) is 0. The summed E-state index contributed by atoms with van der Waals surface area (Å²) in [5.74, 6) is -0.960. The molecule has 0 aliphatic carbocycles. The number of rotatable bonds is 51. The van der Waals surface area contributed by atoms with Crippen LogP contribution < -0.4 is 0 Å². The molecule has 0 amide bonds. The molecule has 0 fully saturated rings. The van der Waals surface area contributed by atoms with Crippen LogP contribution in [0.4, 0.5) is 0 Å². The van der Waals surface area contributed by atoms with Crippen molar-refractivity contribution < 1.29 is 28.6 Å². The molecule has 0 aliphatic heterocycles. The van der Waals surface area contributed by atoms with Gasteiger partial charge in [0.2, 0.25) is 0 Å². The molecule has 0 heterocycles. The number of carbonyl (C=O) groups is 3. The highest BCUT2D eigenvalue weighted by Crippen LogP contribution is 2.14. The Kier molecular flexibility index (Phi) is 55.5. The van der Waals surface area contributed by atoms with Crippen molar-refractivity contribution in [3.05, 3.63) is 134 Å². The summed E-state index contributed by atoms with van der Waals surface area (Å²) >= 11 is 0. The molecule has 0 aliphatic rings. The SMILES string of the molecule is CC/C=C\C/C=C\C/C=C\C/C=C\C/C=C\C/C=C\C/C=C\C/C=C\CCCCCCC(=O)OCC(COC(=O)CCCCCCCCCCCCCC)OC(=O)CCCCC/C=C\C/C=C\C/C=C\CC. The van der Waals surface area contributed by atoms with E-state index in [4.69, 9.17) is 14.2 Å². The van der Waals surface area contributed by atoms with Gasteiger partial charge in [0.05, 0.1) is 0 Å². The first-order chi connectivity index (χ1) is 35.5. The van der Waals surface area contributed by atoms with Crippen LogP contribution in [0.25, 0.3) is 0 Å². The van der Waals surface area contributed by atoms with E-state index in [1.807, 2.05) is 0 Å². The maximum Gasteiger partial charge on any atom is 0.306 e. The zero-order valence-corrected chi connectivity index (χ0v) is 46.4. The maximum atomic E-state index is 12.8. The van der Waals surface area contributed by atoms with Gasteiger partial charge in [0, 0.05) is 19.3 Å². The molecule has 6 nitrogen and oxygen atoms in total. The van der Waals surface area contributed by atoms with Gasteiger partial charge in [-0.3, -0.25) is 14.4 Å². The summed E-state index contributed by atoms with van der Waals surface area (Å²) < 4.78 is 16.8. The van der Waals surface area contributed by atoms with Gasteiger partial charge in [-0.05, 0) is 116 Å². The normalized spacial score (nSPS) is 13.1. The lowest BCUT2D eigenvalue weighted by atomic mass is 10.0. The van der Waals surface area contributed by atoms with Crippen molar-refractivity contribution in [2.75, 3.05) is 13.2 Å². The van der Waals surface area contributed by atoms with Crippen molar-refractivity contribution in [1.29, 1.82) is 0 Å². The van der Waals surface area contributed by atoms with Gasteiger partial charge in [0.1, 0.15) is 13.2 Å². The molecule has 0 spiro atoms. The van der Waals surface area contributed by atoms with Gasteiger partial charge in [-0.2, -0.15) is 0 Å². The first kappa shape index (κ1) is 67.5. The van der Waals surface area contributed by atoms with E-state index in [1.54, 1.807) is 0 Å². The highest BCUT2D eigenvalue weighted by molar-refractivity contribution is 5.71. The lowest BCUT2D eigenvalue weighted by Gasteiger charge is -2.18. The zero-order valence-electron chi connectivity index (χ0n) is 46.4. The van der Waals surface area contributed by atoms with E-state index in [0.717, 1.165) is 148 Å². The third kappa shape index (κ3) is 56.5. The van der Waals surface area contributed by atoms with E-state index in [0.29, 0.717) is 12.8 Å². The lowest BCUT2D eigenvalue weighted by molar-refractivity contribution is -0.167. The molecule has 0 N–H and O–H groups in total. The molecule has 6 heteroatoms. The van der Waals surface area contributed by atoms with E-state index in [-0.39, 0.29) is 37.5 Å². The summed E-state index contributed by atoms with van der Waals surface area (Å²) in [6.45, 7) is 6.35. The molecule has 72 heavy (non-hydrogen) atoms. The predicted octanol–water partition coefficient (Wildman–Crippen LogP) is 19.8. The Labute approximate surface area is 443 Å². The smallest absolute Gasteiger partial charge is 0.306 e. The Morgan fingerprint density at radius 3 is 0.861 bits per heavy atom. The molecule has 0 bridgehead atoms. The van der Waals surface area contributed by atoms with E-state index >= 15 is 0 Å². The van der Waals surface area contributed by atoms with Crippen LogP contribution >= 0.6 is 0 Å². The molecule has 1 atom stereocenters. The van der Waals surface area contributed by atoms with Crippen molar-refractivity contribution in [1.82, 2.24) is 0 Å². The molecule has 0 aromatic rings. The Bertz CT molecular complexity index is 1560. The first-order valence-electron chi connectivity index (χ1n) is 29.2. The van der Waals surface area contributed by atoms with Crippen molar-refractivity contribution >= 4 is 17.9 Å². The van der Waals surface area contributed by atoms with Crippen LogP contribution in [0.15, 0.2) is 134 Å². The molecular formula is C66H106O6. The second-order valence-electron chi connectivity index (χ2n) is 18.8. The molecule has 0 saturated carbocycles. The summed E-state index contributed by atoms with van der Waals surface area (Å²) in [4.78, 5) is 38.1. The maximum absolute atomic E-state index is 12.8. The largest absolute Gasteiger partial charge is 0.462 e. The van der Waals surface area contributed by atoms with Gasteiger partial charge in [-0.15, -0.1) is 0 Å². The molecular weight excluding hydrogens is 889 g/mol. The fourth-order valence-corrected chi connectivity index (χ4v) is 7.59. The Morgan fingerprint density at radius 1 is 0.292 bits per heavy atom. The highest BCUT2D eigenvalue weighted by atomic mass is 16.6. The third-order valence-corrected chi connectivity index (χ3v) is 11.9. The second-order valence-corrected chi connectivity index (χ2v) is 18.8. The minimum atomic E-state index is -0.806. The molecule has 406 valence electrons. The van der Waals surface area contributed by atoms with E-state index in [2.05, 4.69) is 154 Å². The second kappa shape index (κ2) is 59.1. The van der Waals surface area contributed by atoms with Gasteiger partial charge in [0.25, 0.3) is 0 Å². The van der Waals surface area contributed by atoms with Crippen molar-refractivity contribution in [2.24, 2.45) is 0 Å². The first-order valence-corrected chi connectivity index (χ1v) is 29.2. The molecule has 1 unspecified atom stereocenters. The van der Waals surface area contributed by atoms with E-state index in [1.165, 1.54) is 57.8 Å².